The first-order chi connectivity index (χ1) is 12.9. The van der Waals surface area contributed by atoms with Gasteiger partial charge in [0.15, 0.2) is 27.1 Å². The number of fused-ring (bicyclic) bond motifs is 1. The number of benzene rings is 3. The lowest BCUT2D eigenvalue weighted by Crippen LogP contribution is -2.17. The number of carbonyl (C=O) groups excluding carboxylic acids is 1. The van der Waals surface area contributed by atoms with Crippen molar-refractivity contribution in [3.05, 3.63) is 64.6 Å². The van der Waals surface area contributed by atoms with Gasteiger partial charge < -0.3 is 9.47 Å². The molecule has 0 fully saturated rings. The lowest BCUT2D eigenvalue weighted by atomic mass is 10.1. The zero-order valence-corrected chi connectivity index (χ0v) is 17.1. The molecule has 7 heteroatoms. The number of methoxy groups -OCH3 is 2. The second kappa shape index (κ2) is 7.70. The normalized spacial score (nSPS) is 11.4. The van der Waals surface area contributed by atoms with Crippen molar-refractivity contribution < 1.29 is 22.7 Å². The average Bonchev–Trinajstić information content (AvgIpc) is 2.67. The van der Waals surface area contributed by atoms with E-state index < -0.39 is 21.4 Å². The first-order valence-corrected chi connectivity index (χ1v) is 10.5. The maximum atomic E-state index is 12.9. The molecule has 0 heterocycles. The second-order valence-corrected chi connectivity index (χ2v) is 8.66. The first kappa shape index (κ1) is 19.4. The Morgan fingerprint density at radius 3 is 2.26 bits per heavy atom. The summed E-state index contributed by atoms with van der Waals surface area (Å²) in [5.74, 6) is -0.303. The fourth-order valence-corrected chi connectivity index (χ4v) is 4.78. The van der Waals surface area contributed by atoms with Gasteiger partial charge in [-0.25, -0.2) is 8.42 Å². The minimum absolute atomic E-state index is 0.134. The smallest absolute Gasteiger partial charge is 0.186 e. The number of ether oxygens (including phenoxy) is 2. The van der Waals surface area contributed by atoms with Crippen molar-refractivity contribution in [2.24, 2.45) is 0 Å². The number of carbonyl (C=O) groups is 1. The summed E-state index contributed by atoms with van der Waals surface area (Å²) in [5, 5.41) is 1.35. The van der Waals surface area contributed by atoms with Gasteiger partial charge in [0, 0.05) is 15.4 Å². The summed E-state index contributed by atoms with van der Waals surface area (Å²) in [6.45, 7) is 0. The number of halogens is 1. The molecule has 0 aliphatic carbocycles. The van der Waals surface area contributed by atoms with E-state index in [0.717, 1.165) is 9.86 Å². The van der Waals surface area contributed by atoms with Crippen LogP contribution in [0.15, 0.2) is 64.0 Å². The molecular formula is C20H17BrO5S. The third kappa shape index (κ3) is 3.84. The van der Waals surface area contributed by atoms with Crippen molar-refractivity contribution in [1.29, 1.82) is 0 Å². The average molecular weight is 449 g/mol. The van der Waals surface area contributed by atoms with E-state index in [0.29, 0.717) is 16.9 Å². The molecule has 0 N–H and O–H groups in total. The fraction of sp³-hybridized carbons (Fsp3) is 0.150. The Labute approximate surface area is 166 Å². The number of rotatable bonds is 6. The van der Waals surface area contributed by atoms with E-state index in [9.17, 15) is 13.2 Å². The van der Waals surface area contributed by atoms with E-state index in [1.807, 2.05) is 12.1 Å². The van der Waals surface area contributed by atoms with Crippen LogP contribution in [0.1, 0.15) is 10.4 Å². The Hall–Kier alpha value is -2.38. The molecule has 3 aromatic carbocycles. The zero-order valence-electron chi connectivity index (χ0n) is 14.7. The zero-order chi connectivity index (χ0) is 19.6. The third-order valence-electron chi connectivity index (χ3n) is 4.19. The summed E-state index contributed by atoms with van der Waals surface area (Å²) in [6, 6.07) is 14.9. The Bertz CT molecular complexity index is 1120. The molecule has 0 unspecified atom stereocenters. The van der Waals surface area contributed by atoms with Gasteiger partial charge in [0.05, 0.1) is 19.1 Å². The molecule has 0 amide bonds. The molecular weight excluding hydrogens is 432 g/mol. The van der Waals surface area contributed by atoms with E-state index in [1.54, 1.807) is 24.3 Å². The molecule has 0 radical (unpaired) electrons. The van der Waals surface area contributed by atoms with E-state index in [2.05, 4.69) is 15.9 Å². The Kier molecular flexibility index (Phi) is 5.53. The highest BCUT2D eigenvalue weighted by atomic mass is 79.9. The van der Waals surface area contributed by atoms with Gasteiger partial charge in [-0.1, -0.05) is 40.2 Å². The van der Waals surface area contributed by atoms with Crippen molar-refractivity contribution in [3.63, 3.8) is 0 Å². The number of hydrogen-bond donors (Lipinski definition) is 0. The lowest BCUT2D eigenvalue weighted by Gasteiger charge is -2.11. The van der Waals surface area contributed by atoms with Gasteiger partial charge in [0.25, 0.3) is 0 Å². The van der Waals surface area contributed by atoms with Crippen LogP contribution in [0, 0.1) is 0 Å². The van der Waals surface area contributed by atoms with Gasteiger partial charge in [-0.2, -0.15) is 0 Å². The van der Waals surface area contributed by atoms with Crippen molar-refractivity contribution >= 4 is 42.3 Å². The summed E-state index contributed by atoms with van der Waals surface area (Å²) in [7, 11) is -0.885. The summed E-state index contributed by atoms with van der Waals surface area (Å²) in [5.41, 5.74) is 0.248. The predicted molar refractivity (Wildman–Crippen MR) is 108 cm³/mol. The molecule has 3 rings (SSSR count). The van der Waals surface area contributed by atoms with E-state index >= 15 is 0 Å². The monoisotopic (exact) mass is 448 g/mol. The third-order valence-corrected chi connectivity index (χ3v) is 6.55. The standard InChI is InChI=1S/C20H17BrO5S/c1-25-18-9-7-13(11-19(18)26-2)17(22)12-27(23,24)20-10-8-16(21)14-5-3-4-6-15(14)20/h3-11H,12H2,1-2H3. The van der Waals surface area contributed by atoms with Crippen LogP contribution in [0.25, 0.3) is 10.8 Å². The molecule has 0 aromatic heterocycles. The van der Waals surface area contributed by atoms with Crippen molar-refractivity contribution in [2.45, 2.75) is 4.90 Å². The second-order valence-electron chi connectivity index (χ2n) is 5.84. The molecule has 0 saturated heterocycles. The molecule has 0 aliphatic rings. The number of ketones is 1. The van der Waals surface area contributed by atoms with Crippen molar-refractivity contribution in [1.82, 2.24) is 0 Å². The van der Waals surface area contributed by atoms with E-state index in [4.69, 9.17) is 9.47 Å². The van der Waals surface area contributed by atoms with Crippen LogP contribution < -0.4 is 9.47 Å². The Morgan fingerprint density at radius 2 is 1.59 bits per heavy atom. The maximum Gasteiger partial charge on any atom is 0.186 e. The minimum Gasteiger partial charge on any atom is -0.493 e. The van der Waals surface area contributed by atoms with Crippen LogP contribution in [-0.4, -0.2) is 34.2 Å². The first-order valence-electron chi connectivity index (χ1n) is 8.02. The molecule has 0 atom stereocenters. The van der Waals surface area contributed by atoms with E-state index in [1.165, 1.54) is 32.4 Å². The van der Waals surface area contributed by atoms with Crippen molar-refractivity contribution in [3.8, 4) is 11.5 Å². The maximum absolute atomic E-state index is 12.9. The molecule has 0 spiro atoms. The largest absolute Gasteiger partial charge is 0.493 e. The topological polar surface area (TPSA) is 69.7 Å². The van der Waals surface area contributed by atoms with Gasteiger partial charge in [0.2, 0.25) is 0 Å². The minimum atomic E-state index is -3.83. The molecule has 3 aromatic rings. The summed E-state index contributed by atoms with van der Waals surface area (Å²) >= 11 is 3.43. The van der Waals surface area contributed by atoms with Crippen LogP contribution >= 0.6 is 15.9 Å². The summed E-state index contributed by atoms with van der Waals surface area (Å²) in [4.78, 5) is 12.8. The van der Waals surface area contributed by atoms with Crippen LogP contribution in [0.3, 0.4) is 0 Å². The van der Waals surface area contributed by atoms with Crippen molar-refractivity contribution in [2.75, 3.05) is 20.0 Å². The molecule has 5 nitrogen and oxygen atoms in total. The highest BCUT2D eigenvalue weighted by molar-refractivity contribution is 9.10. The quantitative estimate of drug-likeness (QED) is 0.526. The van der Waals surface area contributed by atoms with Gasteiger partial charge >= 0.3 is 0 Å². The van der Waals surface area contributed by atoms with Crippen LogP contribution in [0.5, 0.6) is 11.5 Å². The van der Waals surface area contributed by atoms with Gasteiger partial charge in [-0.05, 0) is 35.7 Å². The predicted octanol–water partition coefficient (Wildman–Crippen LogP) is 4.28. The van der Waals surface area contributed by atoms with Gasteiger partial charge in [-0.15, -0.1) is 0 Å². The molecule has 0 saturated carbocycles. The number of Topliss-reactive ketones (excluding diaryl/α,β-unsaturated/α-hetero) is 1. The Morgan fingerprint density at radius 1 is 0.926 bits per heavy atom. The Balaban J connectivity index is 1.98. The summed E-state index contributed by atoms with van der Waals surface area (Å²) in [6.07, 6.45) is 0. The van der Waals surface area contributed by atoms with E-state index in [-0.39, 0.29) is 10.5 Å². The number of hydrogen-bond acceptors (Lipinski definition) is 5. The molecule has 0 bridgehead atoms. The molecule has 0 aliphatic heterocycles. The SMILES string of the molecule is COc1ccc(C(=O)CS(=O)(=O)c2ccc(Br)c3ccccc23)cc1OC. The van der Waals surface area contributed by atoms with Crippen LogP contribution in [0.4, 0.5) is 0 Å². The molecule has 140 valence electrons. The number of sulfone groups is 1. The highest BCUT2D eigenvalue weighted by Gasteiger charge is 2.23. The van der Waals surface area contributed by atoms with Gasteiger partial charge in [-0.3, -0.25) is 4.79 Å². The van der Waals surface area contributed by atoms with Crippen LogP contribution in [-0.2, 0) is 9.84 Å². The van der Waals surface area contributed by atoms with Crippen LogP contribution in [0.2, 0.25) is 0 Å². The fourth-order valence-electron chi connectivity index (χ4n) is 2.85. The lowest BCUT2D eigenvalue weighted by molar-refractivity contribution is 0.102. The summed E-state index contributed by atoms with van der Waals surface area (Å²) < 4.78 is 37.0. The molecule has 27 heavy (non-hydrogen) atoms. The van der Waals surface area contributed by atoms with Gasteiger partial charge in [0.1, 0.15) is 5.75 Å². The highest BCUT2D eigenvalue weighted by Crippen LogP contribution is 2.31.